The molecule has 1 atom stereocenters. The van der Waals surface area contributed by atoms with Gasteiger partial charge in [-0.25, -0.2) is 0 Å². The Morgan fingerprint density at radius 3 is 2.69 bits per heavy atom. The van der Waals surface area contributed by atoms with Crippen LogP contribution in [0.5, 0.6) is 5.75 Å². The predicted molar refractivity (Wildman–Crippen MR) is 103 cm³/mol. The van der Waals surface area contributed by atoms with Gasteiger partial charge in [0.15, 0.2) is 0 Å². The van der Waals surface area contributed by atoms with Gasteiger partial charge in [0.25, 0.3) is 5.91 Å². The van der Waals surface area contributed by atoms with E-state index in [-0.39, 0.29) is 11.9 Å². The molecule has 1 saturated carbocycles. The van der Waals surface area contributed by atoms with Crippen molar-refractivity contribution in [1.82, 2.24) is 10.3 Å². The van der Waals surface area contributed by atoms with Gasteiger partial charge in [-0.05, 0) is 49.9 Å². The number of amides is 1. The van der Waals surface area contributed by atoms with Crippen LogP contribution in [-0.2, 0) is 6.61 Å². The Hall–Kier alpha value is -2.56. The van der Waals surface area contributed by atoms with E-state index >= 15 is 0 Å². The van der Waals surface area contributed by atoms with Crippen molar-refractivity contribution in [2.75, 3.05) is 5.73 Å². The lowest BCUT2D eigenvalue weighted by molar-refractivity contribution is 0.0919. The van der Waals surface area contributed by atoms with E-state index in [2.05, 4.69) is 17.2 Å². The van der Waals surface area contributed by atoms with Crippen molar-refractivity contribution in [2.24, 2.45) is 5.92 Å². The van der Waals surface area contributed by atoms with Crippen LogP contribution in [0.3, 0.4) is 0 Å². The largest absolute Gasteiger partial charge is 0.485 e. The maximum Gasteiger partial charge on any atom is 0.253 e. The van der Waals surface area contributed by atoms with Crippen molar-refractivity contribution in [2.45, 2.75) is 51.7 Å². The van der Waals surface area contributed by atoms with E-state index in [1.807, 2.05) is 24.3 Å². The fourth-order valence-electron chi connectivity index (χ4n) is 3.45. The van der Waals surface area contributed by atoms with Crippen LogP contribution in [0.2, 0.25) is 0 Å². The van der Waals surface area contributed by atoms with Gasteiger partial charge in [-0.1, -0.05) is 31.4 Å². The summed E-state index contributed by atoms with van der Waals surface area (Å²) < 4.78 is 5.68. The number of hydrogen-bond donors (Lipinski definition) is 2. The van der Waals surface area contributed by atoms with Gasteiger partial charge in [0.2, 0.25) is 0 Å². The van der Waals surface area contributed by atoms with Crippen LogP contribution in [0.4, 0.5) is 5.69 Å². The molecule has 1 aliphatic rings. The Morgan fingerprint density at radius 2 is 2.00 bits per heavy atom. The molecule has 1 amide bonds. The molecule has 138 valence electrons. The normalized spacial score (nSPS) is 16.0. The number of aromatic nitrogens is 1. The van der Waals surface area contributed by atoms with Gasteiger partial charge in [-0.3, -0.25) is 9.78 Å². The number of nitrogen functional groups attached to an aromatic ring is 1. The lowest BCUT2D eigenvalue weighted by atomic mass is 9.84. The summed E-state index contributed by atoms with van der Waals surface area (Å²) in [5.41, 5.74) is 7.79. The molecule has 5 nitrogen and oxygen atoms in total. The van der Waals surface area contributed by atoms with Gasteiger partial charge in [0.05, 0.1) is 16.9 Å². The van der Waals surface area contributed by atoms with E-state index in [4.69, 9.17) is 10.5 Å². The first kappa shape index (κ1) is 18.2. The van der Waals surface area contributed by atoms with Gasteiger partial charge in [0.1, 0.15) is 12.4 Å². The molecule has 0 radical (unpaired) electrons. The molecule has 5 heteroatoms. The fraction of sp³-hybridized carbons (Fsp3) is 0.429. The van der Waals surface area contributed by atoms with Crippen LogP contribution in [-0.4, -0.2) is 16.9 Å². The highest BCUT2D eigenvalue weighted by atomic mass is 16.5. The summed E-state index contributed by atoms with van der Waals surface area (Å²) in [5.74, 6) is 1.16. The molecular formula is C21H27N3O2. The second kappa shape index (κ2) is 8.70. The number of nitrogens with zero attached hydrogens (tertiary/aromatic N) is 1. The number of rotatable bonds is 6. The fourth-order valence-corrected chi connectivity index (χ4v) is 3.45. The average Bonchev–Trinajstić information content (AvgIpc) is 2.68. The predicted octanol–water partition coefficient (Wildman–Crippen LogP) is 3.94. The van der Waals surface area contributed by atoms with Gasteiger partial charge >= 0.3 is 0 Å². The molecule has 0 bridgehead atoms. The molecule has 2 aromatic rings. The number of pyridine rings is 1. The Morgan fingerprint density at radius 1 is 1.23 bits per heavy atom. The van der Waals surface area contributed by atoms with Crippen molar-refractivity contribution >= 4 is 11.6 Å². The van der Waals surface area contributed by atoms with Crippen LogP contribution in [0, 0.1) is 5.92 Å². The van der Waals surface area contributed by atoms with Gasteiger partial charge < -0.3 is 15.8 Å². The van der Waals surface area contributed by atoms with Crippen LogP contribution in [0.15, 0.2) is 42.6 Å². The second-order valence-corrected chi connectivity index (χ2v) is 7.02. The zero-order chi connectivity index (χ0) is 18.4. The highest BCUT2D eigenvalue weighted by molar-refractivity contribution is 5.94. The molecule has 0 aliphatic heterocycles. The number of nitrogens with two attached hydrogens (primary N) is 1. The Labute approximate surface area is 155 Å². The molecule has 1 fully saturated rings. The summed E-state index contributed by atoms with van der Waals surface area (Å²) >= 11 is 0. The summed E-state index contributed by atoms with van der Waals surface area (Å²) in [6.07, 6.45) is 7.88. The molecule has 0 spiro atoms. The molecule has 3 rings (SSSR count). The Bertz CT molecular complexity index is 724. The topological polar surface area (TPSA) is 77.2 Å². The lowest BCUT2D eigenvalue weighted by Crippen LogP contribution is -2.38. The van der Waals surface area contributed by atoms with Crippen molar-refractivity contribution in [1.29, 1.82) is 0 Å². The number of carbonyl (C=O) groups excluding carboxylic acids is 1. The van der Waals surface area contributed by atoms with Crippen molar-refractivity contribution < 1.29 is 9.53 Å². The summed E-state index contributed by atoms with van der Waals surface area (Å²) in [6, 6.07) is 11.2. The minimum atomic E-state index is -0.0599. The summed E-state index contributed by atoms with van der Waals surface area (Å²) in [7, 11) is 0. The SMILES string of the molecule is C[C@@H](NC(=O)c1ccc(COc2ccccc2N)nc1)C1CCCCC1. The number of anilines is 1. The number of carbonyl (C=O) groups is 1. The molecule has 1 aromatic heterocycles. The minimum Gasteiger partial charge on any atom is -0.485 e. The van der Waals surface area contributed by atoms with Crippen LogP contribution >= 0.6 is 0 Å². The zero-order valence-corrected chi connectivity index (χ0v) is 15.3. The summed E-state index contributed by atoms with van der Waals surface area (Å²) in [4.78, 5) is 16.8. The zero-order valence-electron chi connectivity index (χ0n) is 15.3. The molecule has 0 unspecified atom stereocenters. The summed E-state index contributed by atoms with van der Waals surface area (Å²) in [6.45, 7) is 2.42. The van der Waals surface area contributed by atoms with Crippen molar-refractivity contribution in [3.63, 3.8) is 0 Å². The first-order chi connectivity index (χ1) is 12.6. The third-order valence-electron chi connectivity index (χ3n) is 5.10. The molecule has 0 saturated heterocycles. The molecule has 1 heterocycles. The third kappa shape index (κ3) is 4.75. The molecule has 3 N–H and O–H groups in total. The standard InChI is InChI=1S/C21H27N3O2/c1-15(16-7-3-2-4-8-16)24-21(25)17-11-12-18(23-13-17)14-26-20-10-6-5-9-19(20)22/h5-6,9-13,15-16H,2-4,7-8,14,22H2,1H3,(H,24,25)/t15-/m1/s1. The van der Waals surface area contributed by atoms with E-state index in [0.29, 0.717) is 29.5 Å². The van der Waals surface area contributed by atoms with Gasteiger partial charge in [-0.15, -0.1) is 0 Å². The highest BCUT2D eigenvalue weighted by Crippen LogP contribution is 2.26. The smallest absolute Gasteiger partial charge is 0.253 e. The van der Waals surface area contributed by atoms with Crippen molar-refractivity contribution in [3.8, 4) is 5.75 Å². The van der Waals surface area contributed by atoms with Crippen molar-refractivity contribution in [3.05, 3.63) is 53.9 Å². The molecule has 26 heavy (non-hydrogen) atoms. The van der Waals surface area contributed by atoms with E-state index in [1.54, 1.807) is 18.3 Å². The van der Waals surface area contributed by atoms with E-state index < -0.39 is 0 Å². The van der Waals surface area contributed by atoms with E-state index in [0.717, 1.165) is 5.69 Å². The number of nitrogens with one attached hydrogen (secondary N) is 1. The molecule has 1 aliphatic carbocycles. The highest BCUT2D eigenvalue weighted by Gasteiger charge is 2.21. The van der Waals surface area contributed by atoms with Gasteiger partial charge in [0, 0.05) is 12.2 Å². The Balaban J connectivity index is 1.53. The van der Waals surface area contributed by atoms with E-state index in [1.165, 1.54) is 32.1 Å². The molecular weight excluding hydrogens is 326 g/mol. The number of hydrogen-bond acceptors (Lipinski definition) is 4. The quantitative estimate of drug-likeness (QED) is 0.771. The van der Waals surface area contributed by atoms with Gasteiger partial charge in [-0.2, -0.15) is 0 Å². The average molecular weight is 353 g/mol. The third-order valence-corrected chi connectivity index (χ3v) is 5.10. The first-order valence-corrected chi connectivity index (χ1v) is 9.36. The minimum absolute atomic E-state index is 0.0599. The Kier molecular flexibility index (Phi) is 6.10. The lowest BCUT2D eigenvalue weighted by Gasteiger charge is -2.28. The number of para-hydroxylation sites is 2. The van der Waals surface area contributed by atoms with Crippen LogP contribution in [0.1, 0.15) is 55.1 Å². The molecule has 1 aromatic carbocycles. The maximum atomic E-state index is 12.4. The first-order valence-electron chi connectivity index (χ1n) is 9.36. The summed E-state index contributed by atoms with van der Waals surface area (Å²) in [5, 5.41) is 3.12. The number of ether oxygens (including phenoxy) is 1. The maximum absolute atomic E-state index is 12.4. The van der Waals surface area contributed by atoms with Crippen LogP contribution < -0.4 is 15.8 Å². The second-order valence-electron chi connectivity index (χ2n) is 7.02. The number of benzene rings is 1. The monoisotopic (exact) mass is 353 g/mol. The van der Waals surface area contributed by atoms with Crippen LogP contribution in [0.25, 0.3) is 0 Å². The van der Waals surface area contributed by atoms with E-state index in [9.17, 15) is 4.79 Å².